The Morgan fingerprint density at radius 2 is 1.88 bits per heavy atom. The smallest absolute Gasteiger partial charge is 0.416 e. The molecule has 26 heavy (non-hydrogen) atoms. The quantitative estimate of drug-likeness (QED) is 0.475. The maximum atomic E-state index is 13.3. The summed E-state index contributed by atoms with van der Waals surface area (Å²) in [5.41, 5.74) is -3.07. The van der Waals surface area contributed by atoms with Crippen LogP contribution in [0, 0.1) is 10.1 Å². The molecule has 0 aliphatic heterocycles. The molecule has 0 aromatic heterocycles. The fraction of sp³-hybridized carbons (Fsp3) is 0.200. The van der Waals surface area contributed by atoms with E-state index in [4.69, 9.17) is 4.74 Å². The van der Waals surface area contributed by atoms with Gasteiger partial charge in [-0.1, -0.05) is 6.07 Å². The number of hydrogen-bond donors (Lipinski definition) is 1. The number of rotatable bonds is 5. The van der Waals surface area contributed by atoms with Crippen LogP contribution in [0.25, 0.3) is 0 Å². The summed E-state index contributed by atoms with van der Waals surface area (Å²) in [6.07, 6.45) is -5.64. The standard InChI is InChI=1S/C15H12F3NO6S/c1-25-10-5-6-14(26(22,23)24)9(7-10)8-11-12(15(16,17)18)3-2-4-13(11)19(20)21/h2-7H,8H2,1H3,(H,22,23,24). The van der Waals surface area contributed by atoms with Crippen LogP contribution in [0.2, 0.25) is 0 Å². The molecule has 0 saturated heterocycles. The molecule has 7 nitrogen and oxygen atoms in total. The van der Waals surface area contributed by atoms with Crippen LogP contribution < -0.4 is 4.74 Å². The normalized spacial score (nSPS) is 12.0. The van der Waals surface area contributed by atoms with Crippen molar-refractivity contribution in [2.75, 3.05) is 7.11 Å². The lowest BCUT2D eigenvalue weighted by Gasteiger charge is -2.15. The largest absolute Gasteiger partial charge is 0.497 e. The van der Waals surface area contributed by atoms with Gasteiger partial charge in [0.2, 0.25) is 0 Å². The van der Waals surface area contributed by atoms with Gasteiger partial charge in [0, 0.05) is 18.1 Å². The number of ether oxygens (including phenoxy) is 1. The van der Waals surface area contributed by atoms with E-state index in [1.54, 1.807) is 0 Å². The molecule has 1 N–H and O–H groups in total. The topological polar surface area (TPSA) is 107 Å². The van der Waals surface area contributed by atoms with Crippen LogP contribution >= 0.6 is 0 Å². The fourth-order valence-electron chi connectivity index (χ4n) is 2.46. The second-order valence-electron chi connectivity index (χ2n) is 5.18. The molecule has 0 unspecified atom stereocenters. The minimum atomic E-state index is -4.89. The number of nitrogens with zero attached hydrogens (tertiary/aromatic N) is 1. The van der Waals surface area contributed by atoms with Gasteiger partial charge in [-0.3, -0.25) is 14.7 Å². The van der Waals surface area contributed by atoms with Crippen molar-refractivity contribution in [1.82, 2.24) is 0 Å². The van der Waals surface area contributed by atoms with Gasteiger partial charge in [0.1, 0.15) is 5.75 Å². The summed E-state index contributed by atoms with van der Waals surface area (Å²) < 4.78 is 77.0. The molecule has 0 aliphatic carbocycles. The highest BCUT2D eigenvalue weighted by atomic mass is 32.2. The Morgan fingerprint density at radius 1 is 1.23 bits per heavy atom. The van der Waals surface area contributed by atoms with Gasteiger partial charge >= 0.3 is 6.18 Å². The Kier molecular flexibility index (Phi) is 5.23. The van der Waals surface area contributed by atoms with Crippen molar-refractivity contribution in [1.29, 1.82) is 0 Å². The van der Waals surface area contributed by atoms with Crippen LogP contribution in [0.5, 0.6) is 5.75 Å². The first-order valence-electron chi connectivity index (χ1n) is 6.93. The van der Waals surface area contributed by atoms with Crippen molar-refractivity contribution in [2.24, 2.45) is 0 Å². The van der Waals surface area contributed by atoms with Crippen molar-refractivity contribution < 1.29 is 35.8 Å². The molecule has 0 fully saturated rings. The molecule has 140 valence electrons. The Bertz CT molecular complexity index is 956. The third-order valence-corrected chi connectivity index (χ3v) is 4.52. The van der Waals surface area contributed by atoms with E-state index in [-0.39, 0.29) is 11.3 Å². The van der Waals surface area contributed by atoms with Gasteiger partial charge in [-0.2, -0.15) is 21.6 Å². The zero-order valence-electron chi connectivity index (χ0n) is 13.1. The average Bonchev–Trinajstić information content (AvgIpc) is 2.52. The number of benzene rings is 2. The van der Waals surface area contributed by atoms with Crippen molar-refractivity contribution in [3.63, 3.8) is 0 Å². The minimum Gasteiger partial charge on any atom is -0.497 e. The molecular weight excluding hydrogens is 379 g/mol. The highest BCUT2D eigenvalue weighted by Crippen LogP contribution is 2.38. The predicted octanol–water partition coefficient (Wildman–Crippen LogP) is 3.46. The molecule has 0 aliphatic rings. The monoisotopic (exact) mass is 391 g/mol. The minimum absolute atomic E-state index is 0.111. The van der Waals surface area contributed by atoms with Gasteiger partial charge in [-0.05, 0) is 29.8 Å². The van der Waals surface area contributed by atoms with Gasteiger partial charge < -0.3 is 4.74 Å². The van der Waals surface area contributed by atoms with Crippen molar-refractivity contribution in [3.8, 4) is 5.75 Å². The summed E-state index contributed by atoms with van der Waals surface area (Å²) in [6, 6.07) is 5.68. The highest BCUT2D eigenvalue weighted by Gasteiger charge is 2.37. The zero-order chi connectivity index (χ0) is 19.7. The molecule has 0 radical (unpaired) electrons. The molecule has 0 atom stereocenters. The van der Waals surface area contributed by atoms with Crippen molar-refractivity contribution in [2.45, 2.75) is 17.5 Å². The van der Waals surface area contributed by atoms with E-state index in [2.05, 4.69) is 0 Å². The maximum absolute atomic E-state index is 13.3. The number of hydrogen-bond acceptors (Lipinski definition) is 5. The van der Waals surface area contributed by atoms with Gasteiger partial charge in [0.25, 0.3) is 15.8 Å². The molecule has 2 aromatic rings. The number of alkyl halides is 3. The summed E-state index contributed by atoms with van der Waals surface area (Å²) in [5.74, 6) is 0.111. The van der Waals surface area contributed by atoms with Gasteiger partial charge in [-0.15, -0.1) is 0 Å². The first-order chi connectivity index (χ1) is 11.9. The molecule has 11 heteroatoms. The van der Waals surface area contributed by atoms with Crippen molar-refractivity contribution in [3.05, 3.63) is 63.2 Å². The third-order valence-electron chi connectivity index (χ3n) is 3.57. The van der Waals surface area contributed by atoms with E-state index >= 15 is 0 Å². The Balaban J connectivity index is 2.74. The van der Waals surface area contributed by atoms with Crippen LogP contribution in [-0.2, 0) is 22.7 Å². The molecule has 0 saturated carbocycles. The van der Waals surface area contributed by atoms with Crippen LogP contribution in [0.1, 0.15) is 16.7 Å². The highest BCUT2D eigenvalue weighted by molar-refractivity contribution is 7.85. The van der Waals surface area contributed by atoms with Crippen LogP contribution in [-0.4, -0.2) is 25.0 Å². The Labute approximate surface area is 145 Å². The molecule has 0 amide bonds. The van der Waals surface area contributed by atoms with Gasteiger partial charge in [0.15, 0.2) is 0 Å². The lowest BCUT2D eigenvalue weighted by atomic mass is 9.97. The SMILES string of the molecule is COc1ccc(S(=O)(=O)O)c(Cc2c([N+](=O)[O-])cccc2C(F)(F)F)c1. The second kappa shape index (κ2) is 6.92. The summed E-state index contributed by atoms with van der Waals surface area (Å²) in [6.45, 7) is 0. The Morgan fingerprint density at radius 3 is 2.38 bits per heavy atom. The van der Waals surface area contributed by atoms with E-state index in [0.29, 0.717) is 6.07 Å². The summed E-state index contributed by atoms with van der Waals surface area (Å²) >= 11 is 0. The molecule has 0 heterocycles. The lowest BCUT2D eigenvalue weighted by Crippen LogP contribution is -2.13. The van der Waals surface area contributed by atoms with E-state index in [1.807, 2.05) is 0 Å². The molecule has 2 rings (SSSR count). The van der Waals surface area contributed by atoms with Gasteiger partial charge in [-0.25, -0.2) is 0 Å². The summed E-state index contributed by atoms with van der Waals surface area (Å²) in [4.78, 5) is 9.49. The molecular formula is C15H12F3NO6S. The number of methoxy groups -OCH3 is 1. The first-order valence-corrected chi connectivity index (χ1v) is 8.37. The zero-order valence-corrected chi connectivity index (χ0v) is 14.0. The molecule has 0 bridgehead atoms. The summed E-state index contributed by atoms with van der Waals surface area (Å²) in [5, 5.41) is 11.1. The lowest BCUT2D eigenvalue weighted by molar-refractivity contribution is -0.385. The number of nitro groups is 1. The van der Waals surface area contributed by atoms with E-state index < -0.39 is 49.3 Å². The second-order valence-corrected chi connectivity index (χ2v) is 6.57. The van der Waals surface area contributed by atoms with E-state index in [9.17, 15) is 36.3 Å². The number of nitro benzene ring substituents is 1. The summed E-state index contributed by atoms with van der Waals surface area (Å²) in [7, 11) is -3.52. The molecule has 2 aromatic carbocycles. The predicted molar refractivity (Wildman–Crippen MR) is 83.7 cm³/mol. The van der Waals surface area contributed by atoms with Crippen LogP contribution in [0.15, 0.2) is 41.3 Å². The Hall–Kier alpha value is -2.66. The average molecular weight is 391 g/mol. The van der Waals surface area contributed by atoms with Gasteiger partial charge in [0.05, 0.1) is 22.5 Å². The van der Waals surface area contributed by atoms with Crippen LogP contribution in [0.4, 0.5) is 18.9 Å². The van der Waals surface area contributed by atoms with E-state index in [0.717, 1.165) is 24.3 Å². The first kappa shape index (κ1) is 19.7. The molecule has 0 spiro atoms. The third kappa shape index (κ3) is 4.11. The van der Waals surface area contributed by atoms with Crippen molar-refractivity contribution >= 4 is 15.8 Å². The fourth-order valence-corrected chi connectivity index (χ4v) is 3.16. The van der Waals surface area contributed by atoms with E-state index in [1.165, 1.54) is 13.2 Å². The maximum Gasteiger partial charge on any atom is 0.416 e. The number of halogens is 3. The van der Waals surface area contributed by atoms with Crippen LogP contribution in [0.3, 0.4) is 0 Å².